The van der Waals surface area contributed by atoms with Crippen molar-refractivity contribution in [2.75, 3.05) is 24.5 Å². The molecule has 3 N–H and O–H groups in total. The van der Waals surface area contributed by atoms with E-state index in [1.54, 1.807) is 38.7 Å². The van der Waals surface area contributed by atoms with Crippen LogP contribution in [0.2, 0.25) is 0 Å². The second-order valence-corrected chi connectivity index (χ2v) is 13.1. The van der Waals surface area contributed by atoms with Gasteiger partial charge >= 0.3 is 6.09 Å². The third-order valence-corrected chi connectivity index (χ3v) is 7.82. The van der Waals surface area contributed by atoms with Gasteiger partial charge in [-0.05, 0) is 78.5 Å². The van der Waals surface area contributed by atoms with Gasteiger partial charge in [0.25, 0.3) is 0 Å². The largest absolute Gasteiger partial charge is 0.444 e. The monoisotopic (exact) mass is 562 g/mol. The van der Waals surface area contributed by atoms with Gasteiger partial charge in [-0.15, -0.1) is 0 Å². The normalized spacial score (nSPS) is 20.6. The van der Waals surface area contributed by atoms with Gasteiger partial charge in [-0.1, -0.05) is 25.8 Å². The van der Waals surface area contributed by atoms with E-state index in [-0.39, 0.29) is 37.4 Å². The highest BCUT2D eigenvalue weighted by Crippen LogP contribution is 2.30. The van der Waals surface area contributed by atoms with Crippen molar-refractivity contribution in [1.29, 1.82) is 0 Å². The molecule has 3 rings (SSSR count). The first-order chi connectivity index (χ1) is 18.6. The number of nitrogens with one attached hydrogen (secondary N) is 2. The molecule has 0 bridgehead atoms. The summed E-state index contributed by atoms with van der Waals surface area (Å²) in [6.45, 7) is 13.3. The number of carbonyl (C=O) groups excluding carboxylic acids is 3. The topological polar surface area (TPSA) is 111 Å². The smallest absolute Gasteiger partial charge is 0.408 e. The zero-order chi connectivity index (χ0) is 29.8. The Morgan fingerprint density at radius 3 is 2.50 bits per heavy atom. The number of piperazine rings is 1. The van der Waals surface area contributed by atoms with Crippen molar-refractivity contribution < 1.29 is 28.6 Å². The van der Waals surface area contributed by atoms with Gasteiger partial charge in [0.05, 0.1) is 18.7 Å². The molecular weight excluding hydrogens is 515 g/mol. The third-order valence-electron chi connectivity index (χ3n) is 7.82. The molecule has 0 radical (unpaired) electrons. The van der Waals surface area contributed by atoms with Gasteiger partial charge in [0, 0.05) is 36.3 Å². The van der Waals surface area contributed by atoms with Gasteiger partial charge < -0.3 is 25.4 Å². The number of carbonyl (C=O) groups is 3. The Balaban J connectivity index is 1.75. The minimum absolute atomic E-state index is 0.0138. The van der Waals surface area contributed by atoms with Crippen LogP contribution in [0.25, 0.3) is 0 Å². The lowest BCUT2D eigenvalue weighted by atomic mass is 9.93. The molecule has 1 heterocycles. The van der Waals surface area contributed by atoms with Crippen molar-refractivity contribution >= 4 is 23.6 Å². The van der Waals surface area contributed by atoms with E-state index in [0.717, 1.165) is 31.2 Å². The fourth-order valence-electron chi connectivity index (χ4n) is 5.45. The molecule has 0 aromatic heterocycles. The number of anilines is 1. The van der Waals surface area contributed by atoms with Crippen LogP contribution in [0.1, 0.15) is 79.2 Å². The van der Waals surface area contributed by atoms with Gasteiger partial charge in [-0.25, -0.2) is 9.18 Å². The lowest BCUT2D eigenvalue weighted by molar-refractivity contribution is -0.126. The number of alkyl carbamates (subject to hydrolysis) is 1. The van der Waals surface area contributed by atoms with E-state index >= 15 is 0 Å². The average Bonchev–Trinajstić information content (AvgIpc) is 3.34. The first-order valence-electron chi connectivity index (χ1n) is 14.4. The maximum Gasteiger partial charge on any atom is 0.408 e. The van der Waals surface area contributed by atoms with E-state index in [1.807, 2.05) is 25.7 Å². The van der Waals surface area contributed by atoms with Crippen LogP contribution in [0.5, 0.6) is 0 Å². The molecule has 1 aliphatic heterocycles. The summed E-state index contributed by atoms with van der Waals surface area (Å²) >= 11 is 0. The maximum atomic E-state index is 14.0. The van der Waals surface area contributed by atoms with Crippen molar-refractivity contribution in [2.24, 2.45) is 5.92 Å². The molecule has 2 fully saturated rings. The van der Waals surface area contributed by atoms with Crippen LogP contribution in [-0.2, 0) is 14.3 Å². The van der Waals surface area contributed by atoms with Crippen LogP contribution in [-0.4, -0.2) is 76.9 Å². The molecule has 2 aliphatic rings. The Morgan fingerprint density at radius 2 is 1.88 bits per heavy atom. The lowest BCUT2D eigenvalue weighted by Crippen LogP contribution is -2.65. The summed E-state index contributed by atoms with van der Waals surface area (Å²) in [5.41, 5.74) is 0.0238. The molecule has 10 heteroatoms. The van der Waals surface area contributed by atoms with E-state index in [2.05, 4.69) is 10.6 Å². The molecule has 3 amide bonds. The minimum atomic E-state index is -1.06. The Morgan fingerprint density at radius 1 is 1.23 bits per heavy atom. The SMILES string of the molecule is Cc1ccc(F)cc1N1CC(C)(C)N(C[C@H](NC(=O)OC(C)(C)C)[C@@H](O)C[C@@H](C)C(=O)NC2CCCC2)CC1=O. The highest BCUT2D eigenvalue weighted by molar-refractivity contribution is 5.96. The Labute approximate surface area is 237 Å². The van der Waals surface area contributed by atoms with Crippen molar-refractivity contribution in [3.05, 3.63) is 29.6 Å². The van der Waals surface area contributed by atoms with E-state index < -0.39 is 41.1 Å². The van der Waals surface area contributed by atoms with Gasteiger partial charge in [0.15, 0.2) is 0 Å². The minimum Gasteiger partial charge on any atom is -0.444 e. The lowest BCUT2D eigenvalue weighted by Gasteiger charge is -2.48. The van der Waals surface area contributed by atoms with Gasteiger partial charge in [-0.3, -0.25) is 14.5 Å². The van der Waals surface area contributed by atoms with E-state index in [4.69, 9.17) is 4.74 Å². The van der Waals surface area contributed by atoms with Crippen molar-refractivity contribution in [3.8, 4) is 0 Å². The number of amides is 3. The molecule has 1 aliphatic carbocycles. The summed E-state index contributed by atoms with van der Waals surface area (Å²) in [6, 6.07) is 3.76. The van der Waals surface area contributed by atoms with Crippen molar-refractivity contribution in [3.63, 3.8) is 0 Å². The standard InChI is InChI=1S/C30H47FN4O5/c1-19-12-13-21(31)15-24(19)35-18-30(6,7)34(17-26(35)37)16-23(33-28(39)40-29(3,4)5)25(36)14-20(2)27(38)32-22-10-8-9-11-22/h12-13,15,20,22-23,25,36H,8-11,14,16-18H2,1-7H3,(H,32,38)(H,33,39)/t20-,23+,25+/m1/s1. The predicted octanol–water partition coefficient (Wildman–Crippen LogP) is 3.90. The molecule has 1 aromatic rings. The quantitative estimate of drug-likeness (QED) is 0.421. The van der Waals surface area contributed by atoms with Crippen LogP contribution in [0.15, 0.2) is 18.2 Å². The van der Waals surface area contributed by atoms with E-state index in [0.29, 0.717) is 12.2 Å². The van der Waals surface area contributed by atoms with Crippen LogP contribution in [0.4, 0.5) is 14.9 Å². The summed E-state index contributed by atoms with van der Waals surface area (Å²) in [4.78, 5) is 42.3. The zero-order valence-corrected chi connectivity index (χ0v) is 25.1. The first-order valence-corrected chi connectivity index (χ1v) is 14.4. The number of rotatable bonds is 9. The average molecular weight is 563 g/mol. The molecular formula is C30H47FN4O5. The van der Waals surface area contributed by atoms with Gasteiger partial charge in [0.2, 0.25) is 11.8 Å². The van der Waals surface area contributed by atoms with Crippen LogP contribution in [0.3, 0.4) is 0 Å². The third kappa shape index (κ3) is 8.64. The van der Waals surface area contributed by atoms with Crippen LogP contribution < -0.4 is 15.5 Å². The number of halogens is 1. The molecule has 3 atom stereocenters. The second kappa shape index (κ2) is 12.9. The zero-order valence-electron chi connectivity index (χ0n) is 25.1. The molecule has 0 spiro atoms. The Hall–Kier alpha value is -2.72. The van der Waals surface area contributed by atoms with Crippen LogP contribution >= 0.6 is 0 Å². The number of hydrogen-bond donors (Lipinski definition) is 3. The van der Waals surface area contributed by atoms with E-state index in [9.17, 15) is 23.9 Å². The van der Waals surface area contributed by atoms with E-state index in [1.165, 1.54) is 12.1 Å². The summed E-state index contributed by atoms with van der Waals surface area (Å²) in [6.07, 6.45) is 2.52. The molecule has 1 saturated carbocycles. The first kappa shape index (κ1) is 31.8. The fraction of sp³-hybridized carbons (Fsp3) is 0.700. The van der Waals surface area contributed by atoms with Crippen molar-refractivity contribution in [1.82, 2.24) is 15.5 Å². The Kier molecular flexibility index (Phi) is 10.2. The molecule has 224 valence electrons. The van der Waals surface area contributed by atoms with Crippen molar-refractivity contribution in [2.45, 2.75) is 110 Å². The molecule has 9 nitrogen and oxygen atoms in total. The summed E-state index contributed by atoms with van der Waals surface area (Å²) < 4.78 is 19.5. The molecule has 0 unspecified atom stereocenters. The summed E-state index contributed by atoms with van der Waals surface area (Å²) in [5, 5.41) is 17.2. The molecule has 1 aromatic carbocycles. The highest BCUT2D eigenvalue weighted by Gasteiger charge is 2.41. The summed E-state index contributed by atoms with van der Waals surface area (Å²) in [7, 11) is 0. The number of ether oxygens (including phenoxy) is 1. The molecule has 1 saturated heterocycles. The number of aliphatic hydroxyl groups is 1. The highest BCUT2D eigenvalue weighted by atomic mass is 19.1. The van der Waals surface area contributed by atoms with Gasteiger partial charge in [-0.2, -0.15) is 0 Å². The number of hydrogen-bond acceptors (Lipinski definition) is 6. The summed E-state index contributed by atoms with van der Waals surface area (Å²) in [5.74, 6) is -1.20. The fourth-order valence-corrected chi connectivity index (χ4v) is 5.45. The number of aryl methyl sites for hydroxylation is 1. The van der Waals surface area contributed by atoms with Crippen LogP contribution in [0, 0.1) is 18.7 Å². The maximum absolute atomic E-state index is 14.0. The van der Waals surface area contributed by atoms with Gasteiger partial charge in [0.1, 0.15) is 11.4 Å². The number of nitrogens with zero attached hydrogens (tertiary/aromatic N) is 2. The molecule has 40 heavy (non-hydrogen) atoms. The number of benzene rings is 1. The second-order valence-electron chi connectivity index (χ2n) is 13.1. The predicted molar refractivity (Wildman–Crippen MR) is 152 cm³/mol. The Bertz CT molecular complexity index is 1070. The number of aliphatic hydroxyl groups excluding tert-OH is 1.